The number of aliphatic hydroxyl groups is 1. The van der Waals surface area contributed by atoms with Crippen LogP contribution in [0.2, 0.25) is 0 Å². The Morgan fingerprint density at radius 1 is 1.67 bits per heavy atom. The van der Waals surface area contributed by atoms with E-state index < -0.39 is 0 Å². The molecule has 1 heterocycles. The van der Waals surface area contributed by atoms with Crippen molar-refractivity contribution >= 4 is 0 Å². The van der Waals surface area contributed by atoms with E-state index in [1.54, 1.807) is 7.11 Å². The van der Waals surface area contributed by atoms with Gasteiger partial charge in [0.1, 0.15) is 0 Å². The van der Waals surface area contributed by atoms with Gasteiger partial charge in [-0.25, -0.2) is 0 Å². The predicted molar refractivity (Wildman–Crippen MR) is 46.1 cm³/mol. The van der Waals surface area contributed by atoms with Crippen molar-refractivity contribution in [1.82, 2.24) is 0 Å². The zero-order chi connectivity index (χ0) is 8.81. The van der Waals surface area contributed by atoms with Crippen LogP contribution in [-0.4, -0.2) is 37.6 Å². The molecule has 2 atom stereocenters. The average Bonchev–Trinajstić information content (AvgIpc) is 2.53. The van der Waals surface area contributed by atoms with Gasteiger partial charge in [-0.05, 0) is 25.7 Å². The van der Waals surface area contributed by atoms with Crippen molar-refractivity contribution < 1.29 is 14.6 Å². The molecular weight excluding hydrogens is 156 g/mol. The largest absolute Gasteiger partial charge is 0.391 e. The number of hydrogen-bond donors (Lipinski definition) is 1. The summed E-state index contributed by atoms with van der Waals surface area (Å²) in [6.07, 6.45) is 4.14. The molecule has 1 saturated heterocycles. The van der Waals surface area contributed by atoms with Crippen molar-refractivity contribution in [3.63, 3.8) is 0 Å². The van der Waals surface area contributed by atoms with E-state index in [0.717, 1.165) is 25.9 Å². The molecule has 1 rings (SSSR count). The van der Waals surface area contributed by atoms with Crippen LogP contribution < -0.4 is 0 Å². The van der Waals surface area contributed by atoms with E-state index in [4.69, 9.17) is 9.47 Å². The monoisotopic (exact) mass is 174 g/mol. The molecule has 0 aliphatic carbocycles. The second-order valence-electron chi connectivity index (χ2n) is 3.32. The Kier molecular flexibility index (Phi) is 4.58. The van der Waals surface area contributed by atoms with Gasteiger partial charge in [0, 0.05) is 13.7 Å². The van der Waals surface area contributed by atoms with Gasteiger partial charge in [0.2, 0.25) is 0 Å². The molecule has 12 heavy (non-hydrogen) atoms. The van der Waals surface area contributed by atoms with Crippen LogP contribution in [0.25, 0.3) is 0 Å². The number of methoxy groups -OCH3 is 1. The van der Waals surface area contributed by atoms with Crippen LogP contribution in [0.1, 0.15) is 25.7 Å². The first-order valence-corrected chi connectivity index (χ1v) is 4.61. The Balaban J connectivity index is 1.99. The Bertz CT molecular complexity index is 110. The molecule has 0 aromatic heterocycles. The Morgan fingerprint density at radius 2 is 2.50 bits per heavy atom. The molecule has 72 valence electrons. The van der Waals surface area contributed by atoms with Crippen LogP contribution in [0.4, 0.5) is 0 Å². The summed E-state index contributed by atoms with van der Waals surface area (Å²) in [5, 5.41) is 9.33. The zero-order valence-electron chi connectivity index (χ0n) is 7.66. The molecule has 0 bridgehead atoms. The van der Waals surface area contributed by atoms with Gasteiger partial charge >= 0.3 is 0 Å². The normalized spacial score (nSPS) is 26.0. The molecule has 0 radical (unpaired) electrons. The summed E-state index contributed by atoms with van der Waals surface area (Å²) in [6, 6.07) is 0. The maximum absolute atomic E-state index is 9.33. The minimum Gasteiger partial charge on any atom is -0.391 e. The van der Waals surface area contributed by atoms with Gasteiger partial charge in [0.05, 0.1) is 18.8 Å². The summed E-state index contributed by atoms with van der Waals surface area (Å²) in [5.41, 5.74) is 0. The minimum atomic E-state index is -0.320. The van der Waals surface area contributed by atoms with Crippen molar-refractivity contribution in [3.8, 4) is 0 Å². The molecule has 1 aliphatic heterocycles. The quantitative estimate of drug-likeness (QED) is 0.674. The van der Waals surface area contributed by atoms with Gasteiger partial charge in [-0.3, -0.25) is 0 Å². The number of ether oxygens (including phenoxy) is 2. The molecule has 3 heteroatoms. The lowest BCUT2D eigenvalue weighted by Crippen LogP contribution is -2.17. The maximum Gasteiger partial charge on any atom is 0.0774 e. The third-order valence-corrected chi connectivity index (χ3v) is 2.20. The average molecular weight is 174 g/mol. The fourth-order valence-electron chi connectivity index (χ4n) is 1.53. The number of rotatable bonds is 5. The fraction of sp³-hybridized carbons (Fsp3) is 1.00. The molecule has 0 spiro atoms. The van der Waals surface area contributed by atoms with Crippen LogP contribution in [0.15, 0.2) is 0 Å². The topological polar surface area (TPSA) is 38.7 Å². The molecule has 2 unspecified atom stereocenters. The molecule has 1 N–H and O–H groups in total. The molecule has 3 nitrogen and oxygen atoms in total. The lowest BCUT2D eigenvalue weighted by Gasteiger charge is -2.12. The summed E-state index contributed by atoms with van der Waals surface area (Å²) in [7, 11) is 1.61. The highest BCUT2D eigenvalue weighted by Crippen LogP contribution is 2.17. The molecule has 1 aliphatic rings. The van der Waals surface area contributed by atoms with E-state index in [1.165, 1.54) is 6.42 Å². The standard InChI is InChI=1S/C9H18O3/c1-11-7-8(10)4-5-9-3-2-6-12-9/h8-10H,2-7H2,1H3. The fourth-order valence-corrected chi connectivity index (χ4v) is 1.53. The summed E-state index contributed by atoms with van der Waals surface area (Å²) in [4.78, 5) is 0. The Morgan fingerprint density at radius 3 is 3.08 bits per heavy atom. The molecule has 0 aromatic carbocycles. The van der Waals surface area contributed by atoms with Gasteiger partial charge in [0.15, 0.2) is 0 Å². The number of aliphatic hydroxyl groups excluding tert-OH is 1. The number of hydrogen-bond acceptors (Lipinski definition) is 3. The first kappa shape index (κ1) is 9.96. The van der Waals surface area contributed by atoms with Crippen LogP contribution in [0.5, 0.6) is 0 Å². The van der Waals surface area contributed by atoms with E-state index in [2.05, 4.69) is 0 Å². The molecular formula is C9H18O3. The third kappa shape index (κ3) is 3.52. The second-order valence-corrected chi connectivity index (χ2v) is 3.32. The Labute approximate surface area is 73.7 Å². The van der Waals surface area contributed by atoms with Gasteiger partial charge < -0.3 is 14.6 Å². The van der Waals surface area contributed by atoms with Gasteiger partial charge in [-0.1, -0.05) is 0 Å². The lowest BCUT2D eigenvalue weighted by molar-refractivity contribution is 0.0396. The first-order valence-electron chi connectivity index (χ1n) is 4.61. The first-order chi connectivity index (χ1) is 5.83. The summed E-state index contributed by atoms with van der Waals surface area (Å²) in [6.45, 7) is 1.33. The third-order valence-electron chi connectivity index (χ3n) is 2.20. The van der Waals surface area contributed by atoms with Crippen molar-refractivity contribution in [2.75, 3.05) is 20.3 Å². The zero-order valence-corrected chi connectivity index (χ0v) is 7.66. The highest BCUT2D eigenvalue weighted by Gasteiger charge is 2.16. The highest BCUT2D eigenvalue weighted by molar-refractivity contribution is 4.67. The van der Waals surface area contributed by atoms with Crippen LogP contribution in [-0.2, 0) is 9.47 Å². The van der Waals surface area contributed by atoms with Gasteiger partial charge in [0.25, 0.3) is 0 Å². The Hall–Kier alpha value is -0.120. The predicted octanol–water partition coefficient (Wildman–Crippen LogP) is 0.953. The van der Waals surface area contributed by atoms with Crippen molar-refractivity contribution in [2.24, 2.45) is 0 Å². The molecule has 1 fully saturated rings. The maximum atomic E-state index is 9.33. The van der Waals surface area contributed by atoms with Crippen molar-refractivity contribution in [2.45, 2.75) is 37.9 Å². The lowest BCUT2D eigenvalue weighted by atomic mass is 10.1. The van der Waals surface area contributed by atoms with Gasteiger partial charge in [-0.15, -0.1) is 0 Å². The van der Waals surface area contributed by atoms with E-state index >= 15 is 0 Å². The smallest absolute Gasteiger partial charge is 0.0774 e. The van der Waals surface area contributed by atoms with Gasteiger partial charge in [-0.2, -0.15) is 0 Å². The summed E-state index contributed by atoms with van der Waals surface area (Å²) < 4.78 is 10.3. The van der Waals surface area contributed by atoms with Crippen molar-refractivity contribution in [1.29, 1.82) is 0 Å². The van der Waals surface area contributed by atoms with Crippen LogP contribution >= 0.6 is 0 Å². The molecule has 0 amide bonds. The van der Waals surface area contributed by atoms with E-state index in [-0.39, 0.29) is 6.10 Å². The summed E-state index contributed by atoms with van der Waals surface area (Å²) in [5.74, 6) is 0. The van der Waals surface area contributed by atoms with Crippen molar-refractivity contribution in [3.05, 3.63) is 0 Å². The SMILES string of the molecule is COCC(O)CCC1CCCO1. The highest BCUT2D eigenvalue weighted by atomic mass is 16.5. The van der Waals surface area contributed by atoms with E-state index in [9.17, 15) is 5.11 Å². The minimum absolute atomic E-state index is 0.320. The molecule has 0 aromatic rings. The second kappa shape index (κ2) is 5.51. The summed E-state index contributed by atoms with van der Waals surface area (Å²) >= 11 is 0. The van der Waals surface area contributed by atoms with Crippen LogP contribution in [0.3, 0.4) is 0 Å². The van der Waals surface area contributed by atoms with E-state index in [1.807, 2.05) is 0 Å². The molecule has 0 saturated carbocycles. The van der Waals surface area contributed by atoms with E-state index in [0.29, 0.717) is 12.7 Å². The van der Waals surface area contributed by atoms with Crippen LogP contribution in [0, 0.1) is 0 Å².